The molecule has 0 saturated carbocycles. The van der Waals surface area contributed by atoms with Crippen molar-refractivity contribution in [3.63, 3.8) is 0 Å². The second-order valence-electron chi connectivity index (χ2n) is 17.7. The molecule has 4 aromatic carbocycles. The minimum atomic E-state index is -3.55. The molecule has 2 saturated heterocycles. The monoisotopic (exact) mass is 1000 g/mol. The molecule has 22 heteroatoms. The van der Waals surface area contributed by atoms with E-state index in [0.29, 0.717) is 5.57 Å². The number of thioether (sulfide) groups is 2. The summed E-state index contributed by atoms with van der Waals surface area (Å²) in [7, 11) is -3.55. The summed E-state index contributed by atoms with van der Waals surface area (Å²) in [6, 6.07) is 33.6. The number of H-pyrrole nitrogens is 1. The van der Waals surface area contributed by atoms with Crippen LogP contribution in [0.1, 0.15) is 43.8 Å². The van der Waals surface area contributed by atoms with Crippen molar-refractivity contribution in [3.8, 4) is 0 Å². The lowest BCUT2D eigenvalue weighted by molar-refractivity contribution is -0.170. The third-order valence-electron chi connectivity index (χ3n) is 12.1. The number of amides is 6. The zero-order valence-corrected chi connectivity index (χ0v) is 40.8. The molecule has 0 radical (unpaired) electrons. The summed E-state index contributed by atoms with van der Waals surface area (Å²) in [6.07, 6.45) is -0.397. The van der Waals surface area contributed by atoms with Gasteiger partial charge in [0.2, 0.25) is 11.6 Å². The number of nitrogens with one attached hydrogen (secondary N) is 4. The molecule has 3 aliphatic rings. The Hall–Kier alpha value is -7.11. The average Bonchev–Trinajstić information content (AvgIpc) is 3.80. The second kappa shape index (κ2) is 20.5. The van der Waals surface area contributed by atoms with Gasteiger partial charge < -0.3 is 35.3 Å². The molecule has 3 atom stereocenters. The third-order valence-corrected chi connectivity index (χ3v) is 19.3. The van der Waals surface area contributed by atoms with E-state index in [1.54, 1.807) is 30.3 Å². The highest BCUT2D eigenvalue weighted by atomic mass is 32.2. The first-order valence-corrected chi connectivity index (χ1v) is 26.0. The van der Waals surface area contributed by atoms with E-state index in [1.165, 1.54) is 4.90 Å². The van der Waals surface area contributed by atoms with E-state index in [2.05, 4.69) is 31.3 Å². The lowest BCUT2D eigenvalue weighted by Crippen LogP contribution is -2.87. The van der Waals surface area contributed by atoms with E-state index in [4.69, 9.17) is 4.53 Å². The number of imide groups is 1. The molecule has 0 bridgehead atoms. The van der Waals surface area contributed by atoms with Crippen LogP contribution >= 0.6 is 23.5 Å². The highest BCUT2D eigenvalue weighted by Crippen LogP contribution is 2.47. The molecule has 1 aromatic heterocycles. The molecule has 0 aliphatic carbocycles. The molecule has 70 heavy (non-hydrogen) atoms. The van der Waals surface area contributed by atoms with Gasteiger partial charge in [-0.2, -0.15) is 5.48 Å². The predicted octanol–water partition coefficient (Wildman–Crippen LogP) is 2.99. The maximum absolute atomic E-state index is 15.2. The number of aromatic amines is 1. The Bertz CT molecular complexity index is 2800. The van der Waals surface area contributed by atoms with Crippen molar-refractivity contribution in [2.24, 2.45) is 0 Å². The van der Waals surface area contributed by atoms with Crippen molar-refractivity contribution in [2.45, 2.75) is 61.0 Å². The summed E-state index contributed by atoms with van der Waals surface area (Å²) in [5, 5.41) is 33.4. The number of hydroxylamine groups is 1. The number of carboxylic acid groups (broad SMARTS) is 2. The van der Waals surface area contributed by atoms with Gasteiger partial charge in [-0.1, -0.05) is 154 Å². The summed E-state index contributed by atoms with van der Waals surface area (Å²) in [5.74, 6) is -6.11. The standard InChI is InChI=1S/C48H49N9O10S2Si/c1-47(2,3)70(33-20-12-6-13-21-33,34-22-14-7-15-23-34)67-54-48(43(65)57-38(42(63)64)32(28-68-44(48)57)29-69-45-49-35(52-53-45)26-36(58)59)51-39(60)37(31-18-10-5-11-19-31)50-46(66)56-25-24-55(40(61)41(56)62)27-30-16-8-4-9-17-30/h4-23,37,44,54H,24-29H2,1-3H3,(H,50,66)(H,51,60)(H,58,59)(H,63,64)(H,49,52,53)/t37?,44-,48-/m0/s1. The van der Waals surface area contributed by atoms with Crippen molar-refractivity contribution in [1.82, 2.24) is 46.0 Å². The van der Waals surface area contributed by atoms with Crippen LogP contribution in [0, 0.1) is 0 Å². The van der Waals surface area contributed by atoms with Gasteiger partial charge in [0.05, 0.1) is 0 Å². The summed E-state index contributed by atoms with van der Waals surface area (Å²) in [6.45, 7) is 6.06. The molecule has 2 fully saturated rings. The zero-order valence-electron chi connectivity index (χ0n) is 38.2. The van der Waals surface area contributed by atoms with Gasteiger partial charge in [0.25, 0.3) is 14.2 Å². The summed E-state index contributed by atoms with van der Waals surface area (Å²) in [4.78, 5) is 102. The zero-order chi connectivity index (χ0) is 49.8. The van der Waals surface area contributed by atoms with Gasteiger partial charge in [-0.3, -0.25) is 33.8 Å². The fourth-order valence-corrected chi connectivity index (χ4v) is 15.3. The Morgan fingerprint density at radius 3 is 2.04 bits per heavy atom. The molecular weight excluding hydrogens is 955 g/mol. The molecule has 19 nitrogen and oxygen atoms in total. The number of hydrogen-bond donors (Lipinski definition) is 6. The molecule has 6 amide bonds. The van der Waals surface area contributed by atoms with Gasteiger partial charge in [-0.25, -0.2) is 9.59 Å². The number of piperazine rings is 1. The minimum Gasteiger partial charge on any atom is -0.481 e. The molecular formula is C48H49N9O10S2Si. The molecule has 5 aromatic rings. The number of carboxylic acids is 2. The highest BCUT2D eigenvalue weighted by molar-refractivity contribution is 8.01. The second-order valence-corrected chi connectivity index (χ2v) is 23.9. The van der Waals surface area contributed by atoms with E-state index >= 15 is 9.59 Å². The van der Waals surface area contributed by atoms with Crippen LogP contribution in [0.2, 0.25) is 5.04 Å². The lowest BCUT2D eigenvalue weighted by Gasteiger charge is -2.58. The number of aliphatic carboxylic acids is 2. The maximum atomic E-state index is 15.2. The van der Waals surface area contributed by atoms with Crippen molar-refractivity contribution >= 4 is 83.8 Å². The van der Waals surface area contributed by atoms with E-state index in [0.717, 1.165) is 49.3 Å². The maximum Gasteiger partial charge on any atom is 0.352 e. The molecule has 362 valence electrons. The fourth-order valence-electron chi connectivity index (χ4n) is 8.73. The van der Waals surface area contributed by atoms with E-state index < -0.39 is 78.5 Å². The Labute approximate surface area is 411 Å². The Balaban J connectivity index is 1.14. The van der Waals surface area contributed by atoms with E-state index in [9.17, 15) is 34.2 Å². The topological polar surface area (TPSA) is 257 Å². The normalized spacial score (nSPS) is 18.8. The third kappa shape index (κ3) is 9.72. The first kappa shape index (κ1) is 49.3. The SMILES string of the molecule is CC(C)(C)[Si](ON[C@@]1(NC(=O)C(NC(=O)N2CCN(Cc3ccccc3)C(=O)C2=O)c2ccccc2)C(=O)N2C(C(=O)O)=C(CSc3nnc(CC(=O)O)[nH]3)CS[C@H]21)(c1ccccc1)c1ccccc1. The number of fused-ring (bicyclic) bond motifs is 1. The number of benzene rings is 4. The van der Waals surface area contributed by atoms with Crippen LogP contribution in [0.5, 0.6) is 0 Å². The average molecular weight is 1000 g/mol. The first-order valence-electron chi connectivity index (χ1n) is 22.1. The number of aromatic nitrogens is 3. The quantitative estimate of drug-likeness (QED) is 0.0196. The summed E-state index contributed by atoms with van der Waals surface area (Å²) >= 11 is 2.24. The fraction of sp³-hybridized carbons (Fsp3) is 0.271. The predicted molar refractivity (Wildman–Crippen MR) is 260 cm³/mol. The number of urea groups is 1. The first-order chi connectivity index (χ1) is 33.5. The van der Waals surface area contributed by atoms with Crippen molar-refractivity contribution in [1.29, 1.82) is 0 Å². The number of nitrogens with zero attached hydrogens (tertiary/aromatic N) is 5. The molecule has 1 unspecified atom stereocenters. The number of carbonyl (C=O) groups is 7. The molecule has 8 rings (SSSR count). The van der Waals surface area contributed by atoms with Gasteiger partial charge in [-0.15, -0.1) is 22.0 Å². The van der Waals surface area contributed by atoms with E-state index in [1.807, 2.05) is 112 Å². The van der Waals surface area contributed by atoms with Crippen LogP contribution in [-0.4, -0.2) is 126 Å². The van der Waals surface area contributed by atoms with E-state index in [-0.39, 0.29) is 53.4 Å². The largest absolute Gasteiger partial charge is 0.481 e. The Morgan fingerprint density at radius 2 is 1.46 bits per heavy atom. The van der Waals surface area contributed by atoms with Gasteiger partial charge >= 0.3 is 29.8 Å². The number of carbonyl (C=O) groups excluding carboxylic acids is 5. The number of β-lactam (4-membered cyclic amide) rings is 1. The lowest BCUT2D eigenvalue weighted by atomic mass is 9.94. The number of rotatable bonds is 17. The highest BCUT2D eigenvalue weighted by Gasteiger charge is 2.68. The van der Waals surface area contributed by atoms with Crippen molar-refractivity contribution in [3.05, 3.63) is 150 Å². The minimum absolute atomic E-state index is 0.0298. The summed E-state index contributed by atoms with van der Waals surface area (Å²) in [5.41, 5.74) is 1.97. The van der Waals surface area contributed by atoms with Crippen molar-refractivity contribution < 1.29 is 48.3 Å². The summed E-state index contributed by atoms with van der Waals surface area (Å²) < 4.78 is 7.09. The van der Waals surface area contributed by atoms with Crippen molar-refractivity contribution in [2.75, 3.05) is 24.6 Å². The van der Waals surface area contributed by atoms with Crippen LogP contribution in [0.3, 0.4) is 0 Å². The van der Waals surface area contributed by atoms with Crippen LogP contribution in [0.15, 0.2) is 138 Å². The molecule has 4 heterocycles. The van der Waals surface area contributed by atoms with Crippen LogP contribution < -0.4 is 26.5 Å². The Morgan fingerprint density at radius 1 is 0.857 bits per heavy atom. The van der Waals surface area contributed by atoms with Gasteiger partial charge in [0, 0.05) is 31.1 Å². The van der Waals surface area contributed by atoms with Crippen LogP contribution in [0.4, 0.5) is 4.79 Å². The Kier molecular flexibility index (Phi) is 14.4. The molecule has 0 spiro atoms. The smallest absolute Gasteiger partial charge is 0.352 e. The van der Waals surface area contributed by atoms with Crippen LogP contribution in [0.25, 0.3) is 0 Å². The van der Waals surface area contributed by atoms with Gasteiger partial charge in [0.1, 0.15) is 29.4 Å². The molecule has 6 N–H and O–H groups in total. The molecule has 3 aliphatic heterocycles. The number of hydrogen-bond acceptors (Lipinski definition) is 13. The van der Waals surface area contributed by atoms with Gasteiger partial charge in [0.15, 0.2) is 5.16 Å². The van der Waals surface area contributed by atoms with Gasteiger partial charge in [-0.05, 0) is 32.1 Å². The van der Waals surface area contributed by atoms with Crippen LogP contribution in [-0.2, 0) is 46.3 Å².